The highest BCUT2D eigenvalue weighted by atomic mass is 35.5. The highest BCUT2D eigenvalue weighted by Gasteiger charge is 2.24. The molecule has 2 nitrogen and oxygen atoms in total. The van der Waals surface area contributed by atoms with Crippen molar-refractivity contribution in [3.63, 3.8) is 0 Å². The predicted molar refractivity (Wildman–Crippen MR) is 80.7 cm³/mol. The highest BCUT2D eigenvalue weighted by molar-refractivity contribution is 6.30. The average Bonchev–Trinajstić information content (AvgIpc) is 2.25. The number of benzene rings is 1. The van der Waals surface area contributed by atoms with E-state index in [-0.39, 0.29) is 11.6 Å². The Hall–Kier alpha value is -0.570. The number of ether oxygens (including phenoxy) is 1. The number of hydrogen-bond donors (Lipinski definition) is 1. The van der Waals surface area contributed by atoms with Gasteiger partial charge in [0.25, 0.3) is 0 Å². The zero-order chi connectivity index (χ0) is 13.9. The average molecular weight is 282 g/mol. The summed E-state index contributed by atoms with van der Waals surface area (Å²) in [6.07, 6.45) is 4.17. The molecule has 1 atom stereocenters. The van der Waals surface area contributed by atoms with Crippen molar-refractivity contribution in [2.24, 2.45) is 0 Å². The van der Waals surface area contributed by atoms with Crippen LogP contribution in [-0.4, -0.2) is 18.2 Å². The molecule has 1 aromatic rings. The van der Waals surface area contributed by atoms with E-state index in [0.717, 1.165) is 17.1 Å². The first-order valence-corrected chi connectivity index (χ1v) is 7.48. The maximum Gasteiger partial charge on any atom is 0.0953 e. The Morgan fingerprint density at radius 3 is 2.63 bits per heavy atom. The number of nitrogens with one attached hydrogen (secondary N) is 1. The number of hydrogen-bond acceptors (Lipinski definition) is 2. The summed E-state index contributed by atoms with van der Waals surface area (Å²) in [7, 11) is 0. The van der Waals surface area contributed by atoms with E-state index in [4.69, 9.17) is 16.3 Å². The Labute approximate surface area is 121 Å². The van der Waals surface area contributed by atoms with Gasteiger partial charge in [0, 0.05) is 17.1 Å². The Morgan fingerprint density at radius 2 is 2.11 bits per heavy atom. The molecule has 1 aromatic carbocycles. The van der Waals surface area contributed by atoms with Crippen LogP contribution in [0, 0.1) is 0 Å². The Bertz CT molecular complexity index is 409. The van der Waals surface area contributed by atoms with Gasteiger partial charge in [0.1, 0.15) is 0 Å². The van der Waals surface area contributed by atoms with E-state index in [1.54, 1.807) is 0 Å². The van der Waals surface area contributed by atoms with Crippen molar-refractivity contribution >= 4 is 11.6 Å². The van der Waals surface area contributed by atoms with E-state index in [2.05, 4.69) is 32.2 Å². The predicted octanol–water partition coefficient (Wildman–Crippen LogP) is 4.34. The largest absolute Gasteiger partial charge is 0.369 e. The first-order chi connectivity index (χ1) is 8.94. The van der Waals surface area contributed by atoms with Crippen LogP contribution in [0.25, 0.3) is 0 Å². The van der Waals surface area contributed by atoms with Crippen molar-refractivity contribution < 1.29 is 4.74 Å². The van der Waals surface area contributed by atoms with Gasteiger partial charge in [-0.05, 0) is 57.7 Å². The lowest BCUT2D eigenvalue weighted by Gasteiger charge is -2.33. The fourth-order valence-corrected chi connectivity index (χ4v) is 2.29. The second-order valence-corrected chi connectivity index (χ2v) is 6.80. The van der Waals surface area contributed by atoms with Gasteiger partial charge in [0.15, 0.2) is 0 Å². The molecule has 1 N–H and O–H groups in total. The van der Waals surface area contributed by atoms with Gasteiger partial charge < -0.3 is 10.1 Å². The molecule has 0 aromatic heterocycles. The van der Waals surface area contributed by atoms with Crippen LogP contribution in [0.1, 0.15) is 51.7 Å². The maximum absolute atomic E-state index is 6.20. The Balaban J connectivity index is 2.04. The van der Waals surface area contributed by atoms with E-state index >= 15 is 0 Å². The summed E-state index contributed by atoms with van der Waals surface area (Å²) >= 11 is 6.09. The molecule has 1 unspecified atom stereocenters. The van der Waals surface area contributed by atoms with Gasteiger partial charge >= 0.3 is 0 Å². The maximum atomic E-state index is 6.20. The van der Waals surface area contributed by atoms with Gasteiger partial charge in [-0.3, -0.25) is 0 Å². The fourth-order valence-electron chi connectivity index (χ4n) is 2.09. The number of rotatable bonds is 5. The summed E-state index contributed by atoms with van der Waals surface area (Å²) in [5.41, 5.74) is 1.26. The summed E-state index contributed by atoms with van der Waals surface area (Å²) in [4.78, 5) is 0. The Kier molecular flexibility index (Phi) is 4.88. The quantitative estimate of drug-likeness (QED) is 0.867. The van der Waals surface area contributed by atoms with Crippen LogP contribution in [0.4, 0.5) is 0 Å². The van der Waals surface area contributed by atoms with Crippen molar-refractivity contribution in [2.45, 2.75) is 57.8 Å². The minimum absolute atomic E-state index is 0.0863. The fraction of sp³-hybridized carbons (Fsp3) is 0.625. The molecule has 1 fully saturated rings. The first-order valence-electron chi connectivity index (χ1n) is 7.10. The summed E-state index contributed by atoms with van der Waals surface area (Å²) in [5.74, 6) is 0. The van der Waals surface area contributed by atoms with Gasteiger partial charge in [0.05, 0.1) is 12.2 Å². The molecule has 0 spiro atoms. The molecular weight excluding hydrogens is 258 g/mol. The summed E-state index contributed by atoms with van der Waals surface area (Å²) in [6, 6.07) is 8.00. The summed E-state index contributed by atoms with van der Waals surface area (Å²) in [5, 5.41) is 4.30. The lowest BCUT2D eigenvalue weighted by Crippen LogP contribution is -2.40. The number of halogens is 1. The van der Waals surface area contributed by atoms with E-state index in [0.29, 0.717) is 6.10 Å². The van der Waals surface area contributed by atoms with Crippen LogP contribution in [-0.2, 0) is 4.74 Å². The minimum Gasteiger partial charge on any atom is -0.369 e. The molecule has 1 saturated carbocycles. The second kappa shape index (κ2) is 6.25. The van der Waals surface area contributed by atoms with Crippen molar-refractivity contribution in [3.05, 3.63) is 34.9 Å². The smallest absolute Gasteiger partial charge is 0.0953 e. The third-order valence-electron chi connectivity index (χ3n) is 3.45. The van der Waals surface area contributed by atoms with Crippen LogP contribution in [0.5, 0.6) is 0 Å². The van der Waals surface area contributed by atoms with Crippen LogP contribution >= 0.6 is 11.6 Å². The molecule has 106 valence electrons. The molecule has 0 bridgehead atoms. The van der Waals surface area contributed by atoms with Crippen LogP contribution in [0.3, 0.4) is 0 Å². The SMILES string of the molecule is CC(C)(C)NCC(OC1CCC1)c1cccc(Cl)c1. The molecule has 0 amide bonds. The topological polar surface area (TPSA) is 21.3 Å². The van der Waals surface area contributed by atoms with E-state index in [1.165, 1.54) is 19.3 Å². The van der Waals surface area contributed by atoms with Crippen LogP contribution in [0.2, 0.25) is 5.02 Å². The molecule has 0 aliphatic heterocycles. The third-order valence-corrected chi connectivity index (χ3v) is 3.68. The first kappa shape index (κ1) is 14.8. The Morgan fingerprint density at radius 1 is 1.37 bits per heavy atom. The zero-order valence-electron chi connectivity index (χ0n) is 12.1. The van der Waals surface area contributed by atoms with Gasteiger partial charge in [-0.25, -0.2) is 0 Å². The molecule has 1 aliphatic rings. The lowest BCUT2D eigenvalue weighted by atomic mass is 9.95. The van der Waals surface area contributed by atoms with E-state index < -0.39 is 0 Å². The minimum atomic E-state index is 0.0863. The summed E-state index contributed by atoms with van der Waals surface area (Å²) < 4.78 is 6.20. The molecule has 0 saturated heterocycles. The van der Waals surface area contributed by atoms with Gasteiger partial charge in [-0.2, -0.15) is 0 Å². The molecule has 0 heterocycles. The second-order valence-electron chi connectivity index (χ2n) is 6.36. The lowest BCUT2D eigenvalue weighted by molar-refractivity contribution is -0.0538. The van der Waals surface area contributed by atoms with E-state index in [1.807, 2.05) is 18.2 Å². The van der Waals surface area contributed by atoms with Crippen LogP contribution < -0.4 is 5.32 Å². The van der Waals surface area contributed by atoms with Crippen molar-refractivity contribution in [1.82, 2.24) is 5.32 Å². The zero-order valence-corrected chi connectivity index (χ0v) is 12.8. The molecule has 2 rings (SSSR count). The van der Waals surface area contributed by atoms with Gasteiger partial charge in [-0.1, -0.05) is 23.7 Å². The molecular formula is C16H24ClNO. The molecule has 19 heavy (non-hydrogen) atoms. The molecule has 1 aliphatic carbocycles. The standard InChI is InChI=1S/C16H24ClNO/c1-16(2,3)18-11-15(19-14-8-5-9-14)12-6-4-7-13(17)10-12/h4,6-7,10,14-15,18H,5,8-9,11H2,1-3H3. The highest BCUT2D eigenvalue weighted by Crippen LogP contribution is 2.29. The third kappa shape index (κ3) is 4.79. The molecule has 0 radical (unpaired) electrons. The molecule has 3 heteroatoms. The monoisotopic (exact) mass is 281 g/mol. The normalized spacial score (nSPS) is 18.1. The van der Waals surface area contributed by atoms with Crippen molar-refractivity contribution in [1.29, 1.82) is 0 Å². The van der Waals surface area contributed by atoms with Crippen molar-refractivity contribution in [2.75, 3.05) is 6.54 Å². The van der Waals surface area contributed by atoms with Crippen molar-refractivity contribution in [3.8, 4) is 0 Å². The van der Waals surface area contributed by atoms with E-state index in [9.17, 15) is 0 Å². The summed E-state index contributed by atoms with van der Waals surface area (Å²) in [6.45, 7) is 7.34. The van der Waals surface area contributed by atoms with Gasteiger partial charge in [0.2, 0.25) is 0 Å². The van der Waals surface area contributed by atoms with Gasteiger partial charge in [-0.15, -0.1) is 0 Å². The van der Waals surface area contributed by atoms with Crippen LogP contribution in [0.15, 0.2) is 24.3 Å².